The van der Waals surface area contributed by atoms with Crippen molar-refractivity contribution in [3.63, 3.8) is 0 Å². The molecule has 4 aromatic carbocycles. The number of hydrogen-bond donors (Lipinski definition) is 0. The lowest BCUT2D eigenvalue weighted by Gasteiger charge is -2.14. The van der Waals surface area contributed by atoms with Gasteiger partial charge in [0.05, 0.1) is 0 Å². The highest BCUT2D eigenvalue weighted by atomic mass is 14.1. The molecule has 0 unspecified atom stereocenters. The molecule has 4 aromatic rings. The third-order valence-electron chi connectivity index (χ3n) is 4.61. The Morgan fingerprint density at radius 1 is 0.714 bits per heavy atom. The molecule has 0 saturated carbocycles. The van der Waals surface area contributed by atoms with E-state index < -0.39 is 0 Å². The Morgan fingerprint density at radius 3 is 2.05 bits per heavy atom. The highest BCUT2D eigenvalue weighted by molar-refractivity contribution is 6.23. The zero-order valence-electron chi connectivity index (χ0n) is 12.7. The molecule has 0 aliphatic heterocycles. The second-order valence-corrected chi connectivity index (χ2v) is 6.51. The minimum atomic E-state index is 0.753. The van der Waals surface area contributed by atoms with Gasteiger partial charge in [-0.05, 0) is 56.6 Å². The molecule has 104 valence electrons. The topological polar surface area (TPSA) is 0 Å². The van der Waals surface area contributed by atoms with E-state index in [2.05, 4.69) is 68.4 Å². The summed E-state index contributed by atoms with van der Waals surface area (Å²) in [5.74, 6) is 0.753. The third kappa shape index (κ3) is 1.98. The van der Waals surface area contributed by atoms with Gasteiger partial charge in [-0.25, -0.2) is 0 Å². The van der Waals surface area contributed by atoms with Crippen LogP contribution in [-0.2, 0) is 6.42 Å². The van der Waals surface area contributed by atoms with E-state index in [0.29, 0.717) is 0 Å². The fourth-order valence-corrected chi connectivity index (χ4v) is 3.46. The van der Waals surface area contributed by atoms with Gasteiger partial charge >= 0.3 is 0 Å². The number of aryl methyl sites for hydroxylation is 1. The van der Waals surface area contributed by atoms with Crippen LogP contribution < -0.4 is 0 Å². The Bertz CT molecular complexity index is 899. The molecule has 0 heteroatoms. The number of rotatable bonds is 3. The molecule has 4 rings (SSSR count). The third-order valence-corrected chi connectivity index (χ3v) is 4.61. The van der Waals surface area contributed by atoms with E-state index >= 15 is 0 Å². The van der Waals surface area contributed by atoms with E-state index in [0.717, 1.165) is 5.92 Å². The van der Waals surface area contributed by atoms with Crippen LogP contribution in [0.2, 0.25) is 0 Å². The van der Waals surface area contributed by atoms with Crippen LogP contribution in [0.1, 0.15) is 25.8 Å². The van der Waals surface area contributed by atoms with E-state index in [4.69, 9.17) is 0 Å². The quantitative estimate of drug-likeness (QED) is 0.391. The molecule has 0 aromatic heterocycles. The maximum Gasteiger partial charge on any atom is -0.00240 e. The van der Waals surface area contributed by atoms with Crippen LogP contribution in [0.15, 0.2) is 54.6 Å². The van der Waals surface area contributed by atoms with Crippen LogP contribution in [-0.4, -0.2) is 0 Å². The Morgan fingerprint density at radius 2 is 1.33 bits per heavy atom. The smallest absolute Gasteiger partial charge is 0.00240 e. The normalized spacial score (nSPS) is 12.1. The van der Waals surface area contributed by atoms with Crippen molar-refractivity contribution in [2.24, 2.45) is 5.92 Å². The van der Waals surface area contributed by atoms with Crippen LogP contribution in [0.4, 0.5) is 0 Å². The lowest BCUT2D eigenvalue weighted by Crippen LogP contribution is -1.94. The van der Waals surface area contributed by atoms with Gasteiger partial charge in [-0.2, -0.15) is 0 Å². The van der Waals surface area contributed by atoms with Gasteiger partial charge in [0.15, 0.2) is 0 Å². The van der Waals surface area contributed by atoms with Gasteiger partial charge in [0.1, 0.15) is 0 Å². The largest absolute Gasteiger partial charge is 0.0628 e. The monoisotopic (exact) mass is 272 g/mol. The number of benzene rings is 4. The summed E-state index contributed by atoms with van der Waals surface area (Å²) in [6, 6.07) is 20.3. The molecule has 0 aliphatic carbocycles. The number of hydrogen-bond acceptors (Lipinski definition) is 0. The predicted octanol–water partition coefficient (Wildman–Crippen LogP) is 6.17. The van der Waals surface area contributed by atoms with Crippen molar-refractivity contribution < 1.29 is 0 Å². The molecule has 0 bridgehead atoms. The maximum atomic E-state index is 2.32. The van der Waals surface area contributed by atoms with Gasteiger partial charge in [0.2, 0.25) is 0 Å². The second-order valence-electron chi connectivity index (χ2n) is 6.51. The average molecular weight is 272 g/mol. The van der Waals surface area contributed by atoms with E-state index in [1.54, 1.807) is 0 Å². The van der Waals surface area contributed by atoms with Crippen molar-refractivity contribution in [1.82, 2.24) is 0 Å². The predicted molar refractivity (Wildman–Crippen MR) is 93.3 cm³/mol. The van der Waals surface area contributed by atoms with Crippen LogP contribution in [0.5, 0.6) is 0 Å². The van der Waals surface area contributed by atoms with E-state index in [1.165, 1.54) is 50.7 Å². The maximum absolute atomic E-state index is 2.32. The van der Waals surface area contributed by atoms with E-state index in [-0.39, 0.29) is 0 Å². The van der Waals surface area contributed by atoms with Crippen LogP contribution in [0.25, 0.3) is 32.3 Å². The van der Waals surface area contributed by atoms with Crippen LogP contribution in [0, 0.1) is 5.92 Å². The van der Waals surface area contributed by atoms with Crippen molar-refractivity contribution in [3.05, 3.63) is 60.2 Å². The zero-order chi connectivity index (χ0) is 14.4. The first-order valence-electron chi connectivity index (χ1n) is 7.89. The van der Waals surface area contributed by atoms with Gasteiger partial charge in [0.25, 0.3) is 0 Å². The molecule has 0 nitrogen and oxygen atoms in total. The van der Waals surface area contributed by atoms with Crippen molar-refractivity contribution in [1.29, 1.82) is 0 Å². The van der Waals surface area contributed by atoms with Crippen molar-refractivity contribution in [2.45, 2.75) is 26.7 Å². The first-order chi connectivity index (χ1) is 10.2. The van der Waals surface area contributed by atoms with Gasteiger partial charge < -0.3 is 0 Å². The standard InChI is InChI=1S/C21H20/c1-14(2)6-7-15-8-9-18-11-10-16-4-3-5-17-12-13-19(15)21(18)20(16)17/h3-5,8-14H,6-7H2,1-2H3. The molecule has 0 aliphatic rings. The van der Waals surface area contributed by atoms with Crippen LogP contribution in [0.3, 0.4) is 0 Å². The average Bonchev–Trinajstić information content (AvgIpc) is 2.51. The molecule has 0 amide bonds. The molecule has 0 saturated heterocycles. The highest BCUT2D eigenvalue weighted by Crippen LogP contribution is 2.36. The molecule has 21 heavy (non-hydrogen) atoms. The van der Waals surface area contributed by atoms with E-state index in [1.807, 2.05) is 0 Å². The molecule has 0 heterocycles. The summed E-state index contributed by atoms with van der Waals surface area (Å²) in [7, 11) is 0. The molecule has 0 radical (unpaired) electrons. The SMILES string of the molecule is CC(C)CCc1ccc2ccc3cccc4ccc1c2c34. The second kappa shape index (κ2) is 4.73. The first kappa shape index (κ1) is 12.6. The van der Waals surface area contributed by atoms with Gasteiger partial charge in [-0.1, -0.05) is 68.4 Å². The Kier molecular flexibility index (Phi) is 2.85. The summed E-state index contributed by atoms with van der Waals surface area (Å²) in [5.41, 5.74) is 1.49. The van der Waals surface area contributed by atoms with E-state index in [9.17, 15) is 0 Å². The minimum Gasteiger partial charge on any atom is -0.0628 e. The highest BCUT2D eigenvalue weighted by Gasteiger charge is 2.10. The molecule has 0 fully saturated rings. The van der Waals surface area contributed by atoms with Crippen molar-refractivity contribution in [2.75, 3.05) is 0 Å². The summed E-state index contributed by atoms with van der Waals surface area (Å²) >= 11 is 0. The first-order valence-corrected chi connectivity index (χ1v) is 7.89. The lowest BCUT2D eigenvalue weighted by atomic mass is 9.90. The van der Waals surface area contributed by atoms with Gasteiger partial charge in [0, 0.05) is 0 Å². The summed E-state index contributed by atoms with van der Waals surface area (Å²) in [5, 5.41) is 8.39. The Balaban J connectivity index is 2.06. The van der Waals surface area contributed by atoms with Gasteiger partial charge in [-0.15, -0.1) is 0 Å². The minimum absolute atomic E-state index is 0.753. The summed E-state index contributed by atoms with van der Waals surface area (Å²) < 4.78 is 0. The Labute approximate surface area is 125 Å². The van der Waals surface area contributed by atoms with Crippen molar-refractivity contribution >= 4 is 32.3 Å². The molecular weight excluding hydrogens is 252 g/mol. The fraction of sp³-hybridized carbons (Fsp3) is 0.238. The van der Waals surface area contributed by atoms with Gasteiger partial charge in [-0.3, -0.25) is 0 Å². The summed E-state index contributed by atoms with van der Waals surface area (Å²) in [4.78, 5) is 0. The Hall–Kier alpha value is -2.08. The molecule has 0 spiro atoms. The zero-order valence-corrected chi connectivity index (χ0v) is 12.7. The summed E-state index contributed by atoms with van der Waals surface area (Å²) in [6.07, 6.45) is 2.43. The van der Waals surface area contributed by atoms with Crippen molar-refractivity contribution in [3.8, 4) is 0 Å². The summed E-state index contributed by atoms with van der Waals surface area (Å²) in [6.45, 7) is 4.60. The van der Waals surface area contributed by atoms with Crippen LogP contribution >= 0.6 is 0 Å². The molecule has 0 atom stereocenters. The lowest BCUT2D eigenvalue weighted by molar-refractivity contribution is 0.588. The molecule has 0 N–H and O–H groups in total. The fourth-order valence-electron chi connectivity index (χ4n) is 3.46. The molecular formula is C21H20.